The molecule has 4 rings (SSSR count). The Morgan fingerprint density at radius 1 is 1.00 bits per heavy atom. The average molecular weight is 366 g/mol. The van der Waals surface area contributed by atoms with Gasteiger partial charge in [0.25, 0.3) is 5.56 Å². The molecule has 130 valence electrons. The van der Waals surface area contributed by atoms with Gasteiger partial charge in [0.15, 0.2) is 5.65 Å². The van der Waals surface area contributed by atoms with Crippen LogP contribution in [0.15, 0.2) is 76.8 Å². The summed E-state index contributed by atoms with van der Waals surface area (Å²) in [6.07, 6.45) is 3.16. The lowest BCUT2D eigenvalue weighted by Gasteiger charge is -2.05. The van der Waals surface area contributed by atoms with Crippen LogP contribution in [0.3, 0.4) is 0 Å². The molecule has 2 heterocycles. The molecule has 0 aliphatic carbocycles. The number of fused-ring (bicyclic) bond motifs is 1. The standard InChI is InChI=1S/C18H14N4O3S/c19-26(24,25)14-8-6-13(7-9-14)22-10-15(12-4-2-1-3-5-12)16-17(22)20-11-21-18(16)23/h1-11H,(H2,19,24,25)(H,20,21,23). The van der Waals surface area contributed by atoms with Crippen molar-refractivity contribution in [1.29, 1.82) is 0 Å². The molecule has 0 radical (unpaired) electrons. The smallest absolute Gasteiger partial charge is 0.260 e. The molecule has 0 atom stereocenters. The molecule has 7 nitrogen and oxygen atoms in total. The summed E-state index contributed by atoms with van der Waals surface area (Å²) < 4.78 is 24.6. The molecular formula is C18H14N4O3S. The molecule has 0 unspecified atom stereocenters. The molecule has 2 aromatic carbocycles. The van der Waals surface area contributed by atoms with Gasteiger partial charge in [0.2, 0.25) is 10.0 Å². The quantitative estimate of drug-likeness (QED) is 0.578. The zero-order valence-corrected chi connectivity index (χ0v) is 14.3. The van der Waals surface area contributed by atoms with Crippen LogP contribution in [-0.2, 0) is 10.0 Å². The molecule has 26 heavy (non-hydrogen) atoms. The SMILES string of the molecule is NS(=O)(=O)c1ccc(-n2cc(-c3ccccc3)c3c(=O)[nH]cnc32)cc1. The van der Waals surface area contributed by atoms with Gasteiger partial charge >= 0.3 is 0 Å². The van der Waals surface area contributed by atoms with E-state index >= 15 is 0 Å². The molecule has 4 aromatic rings. The molecule has 0 saturated carbocycles. The predicted octanol–water partition coefficient (Wildman–Crippen LogP) is 2.03. The minimum absolute atomic E-state index is 0.0202. The number of aromatic amines is 1. The van der Waals surface area contributed by atoms with Crippen LogP contribution >= 0.6 is 0 Å². The van der Waals surface area contributed by atoms with Crippen LogP contribution in [-0.4, -0.2) is 23.0 Å². The first-order valence-electron chi connectivity index (χ1n) is 7.72. The number of nitrogens with one attached hydrogen (secondary N) is 1. The first kappa shape index (κ1) is 16.2. The van der Waals surface area contributed by atoms with Gasteiger partial charge in [-0.05, 0) is 29.8 Å². The third-order valence-electron chi connectivity index (χ3n) is 4.12. The Morgan fingerprint density at radius 2 is 1.69 bits per heavy atom. The number of aromatic nitrogens is 3. The van der Waals surface area contributed by atoms with Gasteiger partial charge in [-0.25, -0.2) is 18.5 Å². The first-order valence-corrected chi connectivity index (χ1v) is 9.27. The van der Waals surface area contributed by atoms with Crippen molar-refractivity contribution in [3.05, 3.63) is 77.5 Å². The summed E-state index contributed by atoms with van der Waals surface area (Å²) >= 11 is 0. The third-order valence-corrected chi connectivity index (χ3v) is 5.05. The fourth-order valence-electron chi connectivity index (χ4n) is 2.90. The van der Waals surface area contributed by atoms with Crippen LogP contribution in [0.2, 0.25) is 0 Å². The molecular weight excluding hydrogens is 352 g/mol. The predicted molar refractivity (Wildman–Crippen MR) is 98.5 cm³/mol. The Morgan fingerprint density at radius 3 is 2.35 bits per heavy atom. The lowest BCUT2D eigenvalue weighted by atomic mass is 10.1. The minimum Gasteiger partial charge on any atom is -0.312 e. The molecule has 0 spiro atoms. The maximum Gasteiger partial charge on any atom is 0.260 e. The highest BCUT2D eigenvalue weighted by atomic mass is 32.2. The molecule has 3 N–H and O–H groups in total. The molecule has 2 aromatic heterocycles. The van der Waals surface area contributed by atoms with Crippen LogP contribution in [0.25, 0.3) is 27.8 Å². The van der Waals surface area contributed by atoms with Crippen molar-refractivity contribution < 1.29 is 8.42 Å². The van der Waals surface area contributed by atoms with E-state index in [1.165, 1.54) is 18.5 Å². The normalized spacial score (nSPS) is 11.7. The molecule has 0 bridgehead atoms. The van der Waals surface area contributed by atoms with E-state index in [2.05, 4.69) is 9.97 Å². The maximum atomic E-state index is 12.4. The zero-order chi connectivity index (χ0) is 18.3. The van der Waals surface area contributed by atoms with Gasteiger partial charge in [0.05, 0.1) is 16.6 Å². The molecule has 8 heteroatoms. The lowest BCUT2D eigenvalue weighted by molar-refractivity contribution is 0.598. The van der Waals surface area contributed by atoms with Gasteiger partial charge in [-0.15, -0.1) is 0 Å². The first-order chi connectivity index (χ1) is 12.4. The fraction of sp³-hybridized carbons (Fsp3) is 0. The van der Waals surface area contributed by atoms with E-state index in [4.69, 9.17) is 5.14 Å². The summed E-state index contributed by atoms with van der Waals surface area (Å²) in [5.41, 5.74) is 2.54. The Kier molecular flexibility index (Phi) is 3.71. The molecule has 0 fully saturated rings. The van der Waals surface area contributed by atoms with E-state index in [0.29, 0.717) is 16.7 Å². The number of hydrogen-bond acceptors (Lipinski definition) is 4. The van der Waals surface area contributed by atoms with Crippen molar-refractivity contribution in [3.63, 3.8) is 0 Å². The van der Waals surface area contributed by atoms with Gasteiger partial charge in [0.1, 0.15) is 0 Å². The molecule has 0 aliphatic heterocycles. The second kappa shape index (κ2) is 5.94. The fourth-order valence-corrected chi connectivity index (χ4v) is 3.42. The van der Waals surface area contributed by atoms with Crippen molar-refractivity contribution in [2.75, 3.05) is 0 Å². The van der Waals surface area contributed by atoms with Crippen molar-refractivity contribution in [3.8, 4) is 16.8 Å². The van der Waals surface area contributed by atoms with E-state index in [1.807, 2.05) is 36.5 Å². The van der Waals surface area contributed by atoms with E-state index in [0.717, 1.165) is 11.1 Å². The Bertz CT molecular complexity index is 1260. The molecule has 0 amide bonds. The third kappa shape index (κ3) is 2.71. The maximum absolute atomic E-state index is 12.4. The van der Waals surface area contributed by atoms with Crippen molar-refractivity contribution >= 4 is 21.1 Å². The van der Waals surface area contributed by atoms with Gasteiger partial charge < -0.3 is 9.55 Å². The van der Waals surface area contributed by atoms with Crippen LogP contribution in [0.4, 0.5) is 0 Å². The molecule has 0 saturated heterocycles. The topological polar surface area (TPSA) is 111 Å². The second-order valence-electron chi connectivity index (χ2n) is 5.75. The average Bonchev–Trinajstić information content (AvgIpc) is 3.03. The summed E-state index contributed by atoms with van der Waals surface area (Å²) in [6.45, 7) is 0. The number of nitrogens with two attached hydrogens (primary N) is 1. The summed E-state index contributed by atoms with van der Waals surface area (Å²) in [5, 5.41) is 5.61. The lowest BCUT2D eigenvalue weighted by Crippen LogP contribution is -2.12. The Labute approximate surface area is 148 Å². The van der Waals surface area contributed by atoms with Crippen LogP contribution in [0, 0.1) is 0 Å². The van der Waals surface area contributed by atoms with Crippen molar-refractivity contribution in [2.45, 2.75) is 4.90 Å². The van der Waals surface area contributed by atoms with Crippen molar-refractivity contribution in [2.24, 2.45) is 5.14 Å². The number of primary sulfonamides is 1. The zero-order valence-electron chi connectivity index (χ0n) is 13.5. The summed E-state index contributed by atoms with van der Waals surface area (Å²) in [4.78, 5) is 19.3. The van der Waals surface area contributed by atoms with Gasteiger partial charge in [-0.2, -0.15) is 0 Å². The van der Waals surface area contributed by atoms with Gasteiger partial charge in [0, 0.05) is 17.4 Å². The number of rotatable bonds is 3. The molecule has 0 aliphatic rings. The summed E-state index contributed by atoms with van der Waals surface area (Å²) in [6, 6.07) is 15.6. The summed E-state index contributed by atoms with van der Waals surface area (Å²) in [5.74, 6) is 0. The Balaban J connectivity index is 1.97. The number of H-pyrrole nitrogens is 1. The van der Waals surface area contributed by atoms with Crippen molar-refractivity contribution in [1.82, 2.24) is 14.5 Å². The van der Waals surface area contributed by atoms with E-state index in [-0.39, 0.29) is 10.5 Å². The largest absolute Gasteiger partial charge is 0.312 e. The van der Waals surface area contributed by atoms with Crippen LogP contribution in [0.1, 0.15) is 0 Å². The second-order valence-corrected chi connectivity index (χ2v) is 7.31. The summed E-state index contributed by atoms with van der Waals surface area (Å²) in [7, 11) is -3.77. The van der Waals surface area contributed by atoms with Crippen LogP contribution in [0.5, 0.6) is 0 Å². The minimum atomic E-state index is -3.77. The Hall–Kier alpha value is -3.23. The number of hydrogen-bond donors (Lipinski definition) is 2. The number of sulfonamides is 1. The van der Waals surface area contributed by atoms with Gasteiger partial charge in [-0.3, -0.25) is 4.79 Å². The van der Waals surface area contributed by atoms with E-state index in [9.17, 15) is 13.2 Å². The highest BCUT2D eigenvalue weighted by molar-refractivity contribution is 7.89. The number of nitrogens with zero attached hydrogens (tertiary/aromatic N) is 2. The highest BCUT2D eigenvalue weighted by Gasteiger charge is 2.16. The monoisotopic (exact) mass is 366 g/mol. The van der Waals surface area contributed by atoms with E-state index in [1.54, 1.807) is 16.7 Å². The highest BCUT2D eigenvalue weighted by Crippen LogP contribution is 2.29. The van der Waals surface area contributed by atoms with E-state index < -0.39 is 10.0 Å². The van der Waals surface area contributed by atoms with Gasteiger partial charge in [-0.1, -0.05) is 30.3 Å². The number of benzene rings is 2. The van der Waals surface area contributed by atoms with Crippen LogP contribution < -0.4 is 10.7 Å².